The van der Waals surface area contributed by atoms with Crippen molar-refractivity contribution in [1.82, 2.24) is 0 Å². The van der Waals surface area contributed by atoms with Crippen molar-refractivity contribution in [2.75, 3.05) is 11.9 Å². The number of anilines is 1. The highest BCUT2D eigenvalue weighted by atomic mass is 35.5. The van der Waals surface area contributed by atoms with Crippen LogP contribution >= 0.6 is 11.6 Å². The fourth-order valence-electron chi connectivity index (χ4n) is 1.99. The summed E-state index contributed by atoms with van der Waals surface area (Å²) >= 11 is 6.02. The Balaban J connectivity index is 2.22. The van der Waals surface area contributed by atoms with E-state index in [2.05, 4.69) is 5.32 Å². The van der Waals surface area contributed by atoms with E-state index in [0.29, 0.717) is 11.6 Å². The van der Waals surface area contributed by atoms with Crippen LogP contribution in [-0.4, -0.2) is 6.61 Å². The van der Waals surface area contributed by atoms with Crippen LogP contribution in [0.3, 0.4) is 0 Å². The fourth-order valence-corrected chi connectivity index (χ4v) is 2.16. The Hall–Kier alpha value is -1.74. The largest absolute Gasteiger partial charge is 0.492 e. The molecule has 106 valence electrons. The van der Waals surface area contributed by atoms with Gasteiger partial charge in [0.2, 0.25) is 0 Å². The summed E-state index contributed by atoms with van der Waals surface area (Å²) < 4.78 is 18.8. The predicted octanol–water partition coefficient (Wildman–Crippen LogP) is 5.05. The van der Waals surface area contributed by atoms with E-state index < -0.39 is 0 Å². The first kappa shape index (κ1) is 14.7. The summed E-state index contributed by atoms with van der Waals surface area (Å²) in [6.45, 7) is 4.46. The van der Waals surface area contributed by atoms with Gasteiger partial charge in [0.05, 0.1) is 12.3 Å². The molecule has 0 saturated carbocycles. The van der Waals surface area contributed by atoms with Crippen LogP contribution in [0, 0.1) is 5.82 Å². The lowest BCUT2D eigenvalue weighted by atomic mass is 10.1. The molecule has 0 amide bonds. The molecule has 0 bridgehead atoms. The topological polar surface area (TPSA) is 21.3 Å². The van der Waals surface area contributed by atoms with Gasteiger partial charge in [0.25, 0.3) is 0 Å². The standard InChI is InChI=1S/C16H17ClFNO/c1-3-20-16-8-7-13(17)10-15(16)19-11(2)12-5-4-6-14(18)9-12/h4-11,19H,3H2,1-2H3. The Morgan fingerprint density at radius 1 is 1.25 bits per heavy atom. The monoisotopic (exact) mass is 293 g/mol. The number of halogens is 2. The maximum Gasteiger partial charge on any atom is 0.142 e. The van der Waals surface area contributed by atoms with Crippen molar-refractivity contribution >= 4 is 17.3 Å². The summed E-state index contributed by atoms with van der Waals surface area (Å²) in [5.74, 6) is 0.493. The molecular formula is C16H17ClFNO. The molecule has 1 N–H and O–H groups in total. The van der Waals surface area contributed by atoms with Crippen LogP contribution < -0.4 is 10.1 Å². The number of hydrogen-bond acceptors (Lipinski definition) is 2. The minimum Gasteiger partial charge on any atom is -0.492 e. The lowest BCUT2D eigenvalue weighted by molar-refractivity contribution is 0.341. The maximum absolute atomic E-state index is 13.3. The lowest BCUT2D eigenvalue weighted by Gasteiger charge is -2.18. The van der Waals surface area contributed by atoms with Gasteiger partial charge in [-0.3, -0.25) is 0 Å². The van der Waals surface area contributed by atoms with Gasteiger partial charge in [-0.2, -0.15) is 0 Å². The first-order valence-corrected chi connectivity index (χ1v) is 6.92. The van der Waals surface area contributed by atoms with E-state index in [1.54, 1.807) is 12.1 Å². The van der Waals surface area contributed by atoms with E-state index in [9.17, 15) is 4.39 Å². The fraction of sp³-hybridized carbons (Fsp3) is 0.250. The molecule has 0 saturated heterocycles. The molecule has 20 heavy (non-hydrogen) atoms. The second kappa shape index (κ2) is 6.62. The summed E-state index contributed by atoms with van der Waals surface area (Å²) in [5, 5.41) is 3.93. The second-order valence-corrected chi connectivity index (χ2v) is 4.93. The van der Waals surface area contributed by atoms with Crippen molar-refractivity contribution in [3.63, 3.8) is 0 Å². The van der Waals surface area contributed by atoms with E-state index in [4.69, 9.17) is 16.3 Å². The van der Waals surface area contributed by atoms with Crippen molar-refractivity contribution in [2.45, 2.75) is 19.9 Å². The third kappa shape index (κ3) is 3.64. The molecule has 2 aromatic carbocycles. The molecule has 1 atom stereocenters. The molecule has 0 fully saturated rings. The number of rotatable bonds is 5. The molecule has 4 heteroatoms. The Morgan fingerprint density at radius 3 is 2.75 bits per heavy atom. The minimum absolute atomic E-state index is 0.0524. The highest BCUT2D eigenvalue weighted by molar-refractivity contribution is 6.30. The molecule has 2 rings (SSSR count). The van der Waals surface area contributed by atoms with E-state index in [-0.39, 0.29) is 11.9 Å². The molecule has 0 aliphatic rings. The van der Waals surface area contributed by atoms with Crippen LogP contribution in [0.5, 0.6) is 5.75 Å². The molecule has 2 aromatic rings. The molecule has 2 nitrogen and oxygen atoms in total. The average Bonchev–Trinajstić information content (AvgIpc) is 2.42. The normalized spacial score (nSPS) is 12.0. The van der Waals surface area contributed by atoms with Crippen LogP contribution in [0.15, 0.2) is 42.5 Å². The zero-order valence-corrected chi connectivity index (χ0v) is 12.2. The quantitative estimate of drug-likeness (QED) is 0.833. The number of hydrogen-bond donors (Lipinski definition) is 1. The SMILES string of the molecule is CCOc1ccc(Cl)cc1NC(C)c1cccc(F)c1. The third-order valence-corrected chi connectivity index (χ3v) is 3.20. The van der Waals surface area contributed by atoms with Gasteiger partial charge in [0.15, 0.2) is 0 Å². The molecule has 0 radical (unpaired) electrons. The first-order valence-electron chi connectivity index (χ1n) is 6.54. The number of nitrogens with one attached hydrogen (secondary N) is 1. The van der Waals surface area contributed by atoms with Crippen LogP contribution in [0.1, 0.15) is 25.5 Å². The van der Waals surface area contributed by atoms with Crippen molar-refractivity contribution in [3.05, 3.63) is 58.9 Å². The van der Waals surface area contributed by atoms with E-state index in [1.807, 2.05) is 32.0 Å². The highest BCUT2D eigenvalue weighted by Crippen LogP contribution is 2.31. The van der Waals surface area contributed by atoms with Gasteiger partial charge >= 0.3 is 0 Å². The van der Waals surface area contributed by atoms with Crippen LogP contribution in [-0.2, 0) is 0 Å². The molecule has 0 aliphatic carbocycles. The molecule has 0 aromatic heterocycles. The van der Waals surface area contributed by atoms with E-state index in [1.165, 1.54) is 12.1 Å². The maximum atomic E-state index is 13.3. The summed E-state index contributed by atoms with van der Waals surface area (Å²) in [4.78, 5) is 0. The number of ether oxygens (including phenoxy) is 1. The van der Waals surface area contributed by atoms with Gasteiger partial charge in [-0.1, -0.05) is 23.7 Å². The van der Waals surface area contributed by atoms with E-state index in [0.717, 1.165) is 17.0 Å². The third-order valence-electron chi connectivity index (χ3n) is 2.96. The van der Waals surface area contributed by atoms with Crippen molar-refractivity contribution in [1.29, 1.82) is 0 Å². The molecule has 0 spiro atoms. The van der Waals surface area contributed by atoms with Gasteiger partial charge < -0.3 is 10.1 Å². The second-order valence-electron chi connectivity index (χ2n) is 4.49. The summed E-state index contributed by atoms with van der Waals surface area (Å²) in [7, 11) is 0. The average molecular weight is 294 g/mol. The van der Waals surface area contributed by atoms with Crippen molar-refractivity contribution < 1.29 is 9.13 Å². The van der Waals surface area contributed by atoms with Crippen LogP contribution in [0.4, 0.5) is 10.1 Å². The lowest BCUT2D eigenvalue weighted by Crippen LogP contribution is -2.08. The zero-order chi connectivity index (χ0) is 14.5. The summed E-state index contributed by atoms with van der Waals surface area (Å²) in [6.07, 6.45) is 0. The highest BCUT2D eigenvalue weighted by Gasteiger charge is 2.10. The smallest absolute Gasteiger partial charge is 0.142 e. The van der Waals surface area contributed by atoms with Crippen molar-refractivity contribution in [3.8, 4) is 5.75 Å². The Kier molecular flexibility index (Phi) is 4.85. The Labute approximate surface area is 123 Å². The van der Waals surface area contributed by atoms with Crippen molar-refractivity contribution in [2.24, 2.45) is 0 Å². The van der Waals surface area contributed by atoms with Gasteiger partial charge in [-0.05, 0) is 49.7 Å². The molecular weight excluding hydrogens is 277 g/mol. The predicted molar refractivity (Wildman–Crippen MR) is 81.1 cm³/mol. The van der Waals surface area contributed by atoms with Gasteiger partial charge in [0.1, 0.15) is 11.6 Å². The van der Waals surface area contributed by atoms with Crippen LogP contribution in [0.25, 0.3) is 0 Å². The van der Waals surface area contributed by atoms with Gasteiger partial charge in [-0.15, -0.1) is 0 Å². The molecule has 1 unspecified atom stereocenters. The summed E-state index contributed by atoms with van der Waals surface area (Å²) in [5.41, 5.74) is 1.67. The summed E-state index contributed by atoms with van der Waals surface area (Å²) in [6, 6.07) is 11.9. The Morgan fingerprint density at radius 2 is 2.05 bits per heavy atom. The zero-order valence-electron chi connectivity index (χ0n) is 11.5. The van der Waals surface area contributed by atoms with E-state index >= 15 is 0 Å². The molecule has 0 aliphatic heterocycles. The number of benzene rings is 2. The van der Waals surface area contributed by atoms with Crippen LogP contribution in [0.2, 0.25) is 5.02 Å². The van der Waals surface area contributed by atoms with Gasteiger partial charge in [0, 0.05) is 11.1 Å². The Bertz CT molecular complexity index is 588. The molecule has 0 heterocycles. The first-order chi connectivity index (χ1) is 9.60. The van der Waals surface area contributed by atoms with Gasteiger partial charge in [-0.25, -0.2) is 4.39 Å². The minimum atomic E-state index is -0.243.